The first kappa shape index (κ1) is 12.8. The number of rotatable bonds is 3. The van der Waals surface area contributed by atoms with Crippen molar-refractivity contribution < 1.29 is 14.3 Å². The molecule has 19 heavy (non-hydrogen) atoms. The Morgan fingerprint density at radius 2 is 2.16 bits per heavy atom. The molecule has 0 saturated heterocycles. The van der Waals surface area contributed by atoms with Crippen molar-refractivity contribution in [2.24, 2.45) is 0 Å². The first-order valence-corrected chi connectivity index (χ1v) is 5.49. The minimum absolute atomic E-state index is 0.00878. The highest BCUT2D eigenvalue weighted by atomic mass is 19.1. The first-order chi connectivity index (χ1) is 8.97. The van der Waals surface area contributed by atoms with Crippen molar-refractivity contribution in [3.8, 4) is 0 Å². The van der Waals surface area contributed by atoms with Crippen LogP contribution in [-0.4, -0.2) is 16.1 Å². The van der Waals surface area contributed by atoms with Gasteiger partial charge in [0.1, 0.15) is 11.6 Å². The highest BCUT2D eigenvalue weighted by Crippen LogP contribution is 2.23. The molecule has 1 aromatic heterocycles. The maximum absolute atomic E-state index is 13.1. The summed E-state index contributed by atoms with van der Waals surface area (Å²) in [5.74, 6) is -1.31. The van der Waals surface area contributed by atoms with Gasteiger partial charge in [-0.2, -0.15) is 0 Å². The second-order valence-electron chi connectivity index (χ2n) is 4.05. The van der Waals surface area contributed by atoms with Gasteiger partial charge in [0.25, 0.3) is 0 Å². The summed E-state index contributed by atoms with van der Waals surface area (Å²) in [5, 5.41) is 12.0. The maximum Gasteiger partial charge on any atom is 0.338 e. The van der Waals surface area contributed by atoms with Crippen LogP contribution in [0.15, 0.2) is 30.5 Å². The van der Waals surface area contributed by atoms with Crippen molar-refractivity contribution in [1.29, 1.82) is 0 Å². The van der Waals surface area contributed by atoms with Crippen molar-refractivity contribution >= 4 is 23.2 Å². The lowest BCUT2D eigenvalue weighted by molar-refractivity contribution is 0.0698. The third-order valence-corrected chi connectivity index (χ3v) is 2.59. The molecule has 0 amide bonds. The number of halogens is 1. The summed E-state index contributed by atoms with van der Waals surface area (Å²) in [6.45, 7) is 1.62. The third-order valence-electron chi connectivity index (χ3n) is 2.59. The molecule has 0 bridgehead atoms. The van der Waals surface area contributed by atoms with Crippen LogP contribution in [0.1, 0.15) is 15.9 Å². The Kier molecular flexibility index (Phi) is 3.33. The molecule has 1 aromatic carbocycles. The summed E-state index contributed by atoms with van der Waals surface area (Å²) in [4.78, 5) is 14.9. The zero-order valence-corrected chi connectivity index (χ0v) is 10.1. The van der Waals surface area contributed by atoms with E-state index < -0.39 is 5.97 Å². The largest absolute Gasteiger partial charge is 0.478 e. The van der Waals surface area contributed by atoms with Gasteiger partial charge in [0, 0.05) is 5.69 Å². The molecule has 1 heterocycles. The number of carboxylic acids is 1. The average molecular weight is 261 g/mol. The van der Waals surface area contributed by atoms with Gasteiger partial charge in [-0.3, -0.25) is 0 Å². The van der Waals surface area contributed by atoms with Gasteiger partial charge in [-0.15, -0.1) is 0 Å². The Labute approximate surface area is 108 Å². The standard InChI is InChI=1S/C13H12FN3O2/c1-7-4-8(2-3-10(7)14)17-11-6-16-12(15)5-9(11)13(18)19/h2-6,17H,1H3,(H2,15,16)(H,18,19). The number of aromatic nitrogens is 1. The van der Waals surface area contributed by atoms with E-state index in [0.717, 1.165) is 0 Å². The van der Waals surface area contributed by atoms with E-state index in [2.05, 4.69) is 10.3 Å². The molecule has 0 spiro atoms. The lowest BCUT2D eigenvalue weighted by atomic mass is 10.2. The topological polar surface area (TPSA) is 88.2 Å². The van der Waals surface area contributed by atoms with E-state index in [1.54, 1.807) is 13.0 Å². The molecule has 98 valence electrons. The van der Waals surface area contributed by atoms with Crippen molar-refractivity contribution in [2.45, 2.75) is 6.92 Å². The minimum Gasteiger partial charge on any atom is -0.478 e. The molecule has 5 nitrogen and oxygen atoms in total. The minimum atomic E-state index is -1.12. The van der Waals surface area contributed by atoms with Crippen LogP contribution >= 0.6 is 0 Å². The predicted octanol–water partition coefficient (Wildman–Crippen LogP) is 2.55. The van der Waals surface area contributed by atoms with Crippen LogP contribution in [0.25, 0.3) is 0 Å². The van der Waals surface area contributed by atoms with Crippen LogP contribution in [0.3, 0.4) is 0 Å². The van der Waals surface area contributed by atoms with Crippen LogP contribution in [0.5, 0.6) is 0 Å². The molecule has 0 radical (unpaired) electrons. The molecule has 0 atom stereocenters. The molecule has 2 aromatic rings. The zero-order valence-electron chi connectivity index (χ0n) is 10.1. The fraction of sp³-hybridized carbons (Fsp3) is 0.0769. The van der Waals surface area contributed by atoms with E-state index in [-0.39, 0.29) is 17.2 Å². The third kappa shape index (κ3) is 2.79. The van der Waals surface area contributed by atoms with Crippen LogP contribution in [0.4, 0.5) is 21.6 Å². The van der Waals surface area contributed by atoms with E-state index >= 15 is 0 Å². The van der Waals surface area contributed by atoms with E-state index in [0.29, 0.717) is 16.9 Å². The van der Waals surface area contributed by atoms with E-state index in [9.17, 15) is 9.18 Å². The number of carboxylic acid groups (broad SMARTS) is 1. The maximum atomic E-state index is 13.1. The Morgan fingerprint density at radius 1 is 1.42 bits per heavy atom. The van der Waals surface area contributed by atoms with Gasteiger partial charge in [0.15, 0.2) is 0 Å². The number of aromatic carboxylic acids is 1. The van der Waals surface area contributed by atoms with Crippen LogP contribution in [0.2, 0.25) is 0 Å². The molecule has 0 saturated carbocycles. The number of hydrogen-bond donors (Lipinski definition) is 3. The average Bonchev–Trinajstić information content (AvgIpc) is 2.36. The lowest BCUT2D eigenvalue weighted by Gasteiger charge is -2.10. The molecule has 0 aliphatic carbocycles. The Hall–Kier alpha value is -2.63. The highest BCUT2D eigenvalue weighted by Gasteiger charge is 2.11. The monoisotopic (exact) mass is 261 g/mol. The zero-order chi connectivity index (χ0) is 14.0. The molecular weight excluding hydrogens is 249 g/mol. The quantitative estimate of drug-likeness (QED) is 0.790. The summed E-state index contributed by atoms with van der Waals surface area (Å²) in [7, 11) is 0. The number of pyridine rings is 1. The summed E-state index contributed by atoms with van der Waals surface area (Å²) in [5.41, 5.74) is 6.80. The Bertz CT molecular complexity index is 644. The number of nitrogens with two attached hydrogens (primary N) is 1. The van der Waals surface area contributed by atoms with Crippen LogP contribution < -0.4 is 11.1 Å². The summed E-state index contributed by atoms with van der Waals surface area (Å²) in [6.07, 6.45) is 1.33. The lowest BCUT2D eigenvalue weighted by Crippen LogP contribution is -2.05. The second-order valence-corrected chi connectivity index (χ2v) is 4.05. The number of benzene rings is 1. The molecule has 2 rings (SSSR count). The number of carbonyl (C=O) groups is 1. The van der Waals surface area contributed by atoms with E-state index in [4.69, 9.17) is 10.8 Å². The molecule has 0 aliphatic heterocycles. The van der Waals surface area contributed by atoms with Crippen LogP contribution in [0, 0.1) is 12.7 Å². The first-order valence-electron chi connectivity index (χ1n) is 5.49. The fourth-order valence-corrected chi connectivity index (χ4v) is 1.63. The summed E-state index contributed by atoms with van der Waals surface area (Å²) >= 11 is 0. The van der Waals surface area contributed by atoms with Gasteiger partial charge >= 0.3 is 5.97 Å². The molecule has 6 heteroatoms. The highest BCUT2D eigenvalue weighted by molar-refractivity contribution is 5.95. The number of anilines is 3. The van der Waals surface area contributed by atoms with Crippen molar-refractivity contribution in [3.63, 3.8) is 0 Å². The normalized spacial score (nSPS) is 10.2. The van der Waals surface area contributed by atoms with E-state index in [1.165, 1.54) is 24.4 Å². The van der Waals surface area contributed by atoms with Gasteiger partial charge in [-0.05, 0) is 36.8 Å². The second kappa shape index (κ2) is 4.93. The van der Waals surface area contributed by atoms with Crippen molar-refractivity contribution in [3.05, 3.63) is 47.4 Å². The molecule has 0 aliphatic rings. The van der Waals surface area contributed by atoms with Gasteiger partial charge in [-0.1, -0.05) is 0 Å². The SMILES string of the molecule is Cc1cc(Nc2cnc(N)cc2C(=O)O)ccc1F. The molecule has 0 unspecified atom stereocenters. The number of aryl methyl sites for hydroxylation is 1. The van der Waals surface area contributed by atoms with Crippen molar-refractivity contribution in [1.82, 2.24) is 4.98 Å². The predicted molar refractivity (Wildman–Crippen MR) is 70.0 cm³/mol. The van der Waals surface area contributed by atoms with E-state index in [1.807, 2.05) is 0 Å². The smallest absolute Gasteiger partial charge is 0.338 e. The molecule has 4 N–H and O–H groups in total. The Balaban J connectivity index is 2.37. The Morgan fingerprint density at radius 3 is 2.79 bits per heavy atom. The van der Waals surface area contributed by atoms with Crippen LogP contribution in [-0.2, 0) is 0 Å². The number of nitrogens with zero attached hydrogens (tertiary/aromatic N) is 1. The van der Waals surface area contributed by atoms with Crippen molar-refractivity contribution in [2.75, 3.05) is 11.1 Å². The summed E-state index contributed by atoms with van der Waals surface area (Å²) < 4.78 is 13.1. The number of nitrogens with one attached hydrogen (secondary N) is 1. The fourth-order valence-electron chi connectivity index (χ4n) is 1.63. The molecular formula is C13H12FN3O2. The summed E-state index contributed by atoms with van der Waals surface area (Å²) in [6, 6.07) is 5.67. The van der Waals surface area contributed by atoms with Gasteiger partial charge in [-0.25, -0.2) is 14.2 Å². The van der Waals surface area contributed by atoms with Gasteiger partial charge < -0.3 is 16.2 Å². The molecule has 0 fully saturated rings. The van der Waals surface area contributed by atoms with Gasteiger partial charge in [0.2, 0.25) is 0 Å². The van der Waals surface area contributed by atoms with Gasteiger partial charge in [0.05, 0.1) is 17.4 Å². The number of nitrogen functional groups attached to an aromatic ring is 1. The number of hydrogen-bond acceptors (Lipinski definition) is 4.